The van der Waals surface area contributed by atoms with Crippen molar-refractivity contribution in [3.05, 3.63) is 35.9 Å². The summed E-state index contributed by atoms with van der Waals surface area (Å²) < 4.78 is 5.02. The van der Waals surface area contributed by atoms with E-state index in [1.807, 2.05) is 30.3 Å². The number of aliphatic hydroxyl groups excluding tert-OH is 1. The van der Waals surface area contributed by atoms with E-state index in [2.05, 4.69) is 5.32 Å². The van der Waals surface area contributed by atoms with Crippen LogP contribution in [-0.4, -0.2) is 18.6 Å². The molecule has 0 heterocycles. The lowest BCUT2D eigenvalue weighted by Crippen LogP contribution is -2.27. The summed E-state index contributed by atoms with van der Waals surface area (Å²) in [5.74, 6) is 0. The van der Waals surface area contributed by atoms with Gasteiger partial charge in [-0.25, -0.2) is 0 Å². The van der Waals surface area contributed by atoms with Gasteiger partial charge in [-0.15, -0.1) is 0 Å². The van der Waals surface area contributed by atoms with Gasteiger partial charge in [0.25, 0.3) is 0 Å². The van der Waals surface area contributed by atoms with E-state index in [1.165, 1.54) is 0 Å². The van der Waals surface area contributed by atoms with Crippen LogP contribution in [0.4, 0.5) is 0 Å². The van der Waals surface area contributed by atoms with Crippen LogP contribution >= 0.6 is 0 Å². The van der Waals surface area contributed by atoms with Gasteiger partial charge in [0.1, 0.15) is 0 Å². The van der Waals surface area contributed by atoms with Crippen LogP contribution in [0.1, 0.15) is 5.56 Å². The van der Waals surface area contributed by atoms with Crippen LogP contribution in [-0.2, 0) is 11.3 Å². The summed E-state index contributed by atoms with van der Waals surface area (Å²) in [5.41, 5.74) is 1.05. The van der Waals surface area contributed by atoms with E-state index in [0.717, 1.165) is 5.56 Å². The first-order valence-electron chi connectivity index (χ1n) is 3.84. The van der Waals surface area contributed by atoms with Gasteiger partial charge in [-0.05, 0) is 12.6 Å². The summed E-state index contributed by atoms with van der Waals surface area (Å²) in [6.07, 6.45) is -0.884. The van der Waals surface area contributed by atoms with Crippen molar-refractivity contribution in [2.24, 2.45) is 0 Å². The number of hydrogen-bond acceptors (Lipinski definition) is 3. The molecule has 0 amide bonds. The van der Waals surface area contributed by atoms with Gasteiger partial charge in [0.05, 0.1) is 6.61 Å². The molecular weight excluding hydrogens is 154 g/mol. The summed E-state index contributed by atoms with van der Waals surface area (Å²) >= 11 is 0. The molecule has 0 saturated carbocycles. The zero-order valence-corrected chi connectivity index (χ0v) is 7.03. The van der Waals surface area contributed by atoms with Gasteiger partial charge in [0.15, 0.2) is 0 Å². The SMILES string of the molecule is CNC(O)OCc1ccccc1. The Labute approximate surface area is 72.0 Å². The van der Waals surface area contributed by atoms with Crippen LogP contribution in [0.2, 0.25) is 0 Å². The van der Waals surface area contributed by atoms with Crippen LogP contribution < -0.4 is 5.32 Å². The molecule has 0 aliphatic rings. The van der Waals surface area contributed by atoms with Crippen molar-refractivity contribution in [3.8, 4) is 0 Å². The first-order valence-corrected chi connectivity index (χ1v) is 3.84. The molecule has 1 aromatic carbocycles. The highest BCUT2D eigenvalue weighted by molar-refractivity contribution is 5.13. The Morgan fingerprint density at radius 2 is 2.08 bits per heavy atom. The molecule has 2 N–H and O–H groups in total. The number of hydrogen-bond donors (Lipinski definition) is 2. The maximum atomic E-state index is 8.99. The van der Waals surface area contributed by atoms with Gasteiger partial charge in [-0.1, -0.05) is 30.3 Å². The second-order valence-electron chi connectivity index (χ2n) is 2.44. The lowest BCUT2D eigenvalue weighted by atomic mass is 10.2. The molecule has 3 nitrogen and oxygen atoms in total. The fraction of sp³-hybridized carbons (Fsp3) is 0.333. The Hall–Kier alpha value is -0.900. The molecular formula is C9H13NO2. The molecule has 12 heavy (non-hydrogen) atoms. The van der Waals surface area contributed by atoms with Crippen LogP contribution in [0.5, 0.6) is 0 Å². The molecule has 0 spiro atoms. The minimum atomic E-state index is -0.884. The quantitative estimate of drug-likeness (QED) is 0.648. The van der Waals surface area contributed by atoms with E-state index in [1.54, 1.807) is 7.05 Å². The highest BCUT2D eigenvalue weighted by Gasteiger charge is 1.98. The summed E-state index contributed by atoms with van der Waals surface area (Å²) in [6, 6.07) is 9.71. The number of ether oxygens (including phenoxy) is 1. The molecule has 1 atom stereocenters. The molecule has 0 aliphatic carbocycles. The van der Waals surface area contributed by atoms with Crippen molar-refractivity contribution in [1.82, 2.24) is 5.32 Å². The van der Waals surface area contributed by atoms with Crippen LogP contribution in [0.3, 0.4) is 0 Å². The van der Waals surface area contributed by atoms with Crippen molar-refractivity contribution in [2.75, 3.05) is 7.05 Å². The Morgan fingerprint density at radius 3 is 2.67 bits per heavy atom. The second-order valence-corrected chi connectivity index (χ2v) is 2.44. The number of rotatable bonds is 4. The zero-order valence-electron chi connectivity index (χ0n) is 7.03. The van der Waals surface area contributed by atoms with Gasteiger partial charge in [-0.3, -0.25) is 5.32 Å². The third-order valence-electron chi connectivity index (χ3n) is 1.50. The fourth-order valence-electron chi connectivity index (χ4n) is 0.833. The average Bonchev–Trinajstić information content (AvgIpc) is 2.16. The maximum absolute atomic E-state index is 8.99. The van der Waals surface area contributed by atoms with Gasteiger partial charge < -0.3 is 9.84 Å². The predicted molar refractivity (Wildman–Crippen MR) is 46.3 cm³/mol. The molecule has 0 fully saturated rings. The molecule has 1 unspecified atom stereocenters. The third kappa shape index (κ3) is 3.00. The molecule has 1 rings (SSSR count). The lowest BCUT2D eigenvalue weighted by Gasteiger charge is -2.09. The van der Waals surface area contributed by atoms with Gasteiger partial charge >= 0.3 is 0 Å². The monoisotopic (exact) mass is 167 g/mol. The van der Waals surface area contributed by atoms with Crippen molar-refractivity contribution in [3.63, 3.8) is 0 Å². The minimum absolute atomic E-state index is 0.419. The first kappa shape index (κ1) is 9.19. The Bertz CT molecular complexity index is 213. The fourth-order valence-corrected chi connectivity index (χ4v) is 0.833. The molecule has 0 radical (unpaired) electrons. The van der Waals surface area contributed by atoms with E-state index in [4.69, 9.17) is 9.84 Å². The van der Waals surface area contributed by atoms with E-state index in [9.17, 15) is 0 Å². The number of benzene rings is 1. The molecule has 0 saturated heterocycles. The van der Waals surface area contributed by atoms with Crippen molar-refractivity contribution in [2.45, 2.75) is 13.0 Å². The Morgan fingerprint density at radius 1 is 1.42 bits per heavy atom. The normalized spacial score (nSPS) is 12.8. The van der Waals surface area contributed by atoms with Crippen LogP contribution in [0.15, 0.2) is 30.3 Å². The molecule has 0 aliphatic heterocycles. The van der Waals surface area contributed by atoms with Crippen LogP contribution in [0, 0.1) is 0 Å². The largest absolute Gasteiger partial charge is 0.356 e. The van der Waals surface area contributed by atoms with E-state index >= 15 is 0 Å². The maximum Gasteiger partial charge on any atom is 0.213 e. The molecule has 0 bridgehead atoms. The van der Waals surface area contributed by atoms with Crippen LogP contribution in [0.25, 0.3) is 0 Å². The third-order valence-corrected chi connectivity index (χ3v) is 1.50. The summed E-state index contributed by atoms with van der Waals surface area (Å²) in [4.78, 5) is 0. The lowest BCUT2D eigenvalue weighted by molar-refractivity contribution is -0.124. The van der Waals surface area contributed by atoms with Crippen molar-refractivity contribution >= 4 is 0 Å². The number of aliphatic hydroxyl groups is 1. The second kappa shape index (κ2) is 4.87. The standard InChI is InChI=1S/C9H13NO2/c1-10-9(11)12-7-8-5-3-2-4-6-8/h2-6,9-11H,7H2,1H3. The number of nitrogens with one attached hydrogen (secondary N) is 1. The zero-order chi connectivity index (χ0) is 8.81. The highest BCUT2D eigenvalue weighted by Crippen LogP contribution is 2.00. The highest BCUT2D eigenvalue weighted by atomic mass is 16.6. The van der Waals surface area contributed by atoms with Gasteiger partial charge in [0.2, 0.25) is 6.41 Å². The molecule has 1 aromatic rings. The van der Waals surface area contributed by atoms with Crippen molar-refractivity contribution < 1.29 is 9.84 Å². The van der Waals surface area contributed by atoms with E-state index < -0.39 is 6.41 Å². The van der Waals surface area contributed by atoms with Gasteiger partial charge in [-0.2, -0.15) is 0 Å². The average molecular weight is 167 g/mol. The predicted octanol–water partition coefficient (Wildman–Crippen LogP) is 0.698. The summed E-state index contributed by atoms with van der Waals surface area (Å²) in [6.45, 7) is 0.419. The summed E-state index contributed by atoms with van der Waals surface area (Å²) in [7, 11) is 1.63. The topological polar surface area (TPSA) is 41.5 Å². The first-order chi connectivity index (χ1) is 5.83. The molecule has 0 aromatic heterocycles. The van der Waals surface area contributed by atoms with E-state index in [0.29, 0.717) is 6.61 Å². The van der Waals surface area contributed by atoms with Gasteiger partial charge in [0, 0.05) is 0 Å². The van der Waals surface area contributed by atoms with E-state index in [-0.39, 0.29) is 0 Å². The Balaban J connectivity index is 2.33. The smallest absolute Gasteiger partial charge is 0.213 e. The molecule has 66 valence electrons. The summed E-state index contributed by atoms with van der Waals surface area (Å²) in [5, 5.41) is 11.6. The Kier molecular flexibility index (Phi) is 3.73. The van der Waals surface area contributed by atoms with Crippen molar-refractivity contribution in [1.29, 1.82) is 0 Å². The molecule has 3 heteroatoms. The minimum Gasteiger partial charge on any atom is -0.356 e.